The number of aryl methyl sites for hydroxylation is 2. The van der Waals surface area contributed by atoms with Crippen molar-refractivity contribution in [3.63, 3.8) is 0 Å². The maximum atomic E-state index is 11.5. The standard InChI is InChI=1S/C9H12N4O.C8H11N5O.CH4/c1-5(2)13-4-10-7-8(13)11-6(3)12-9(7)14;1-4(2)13-7-6(11-12-13)8(14)10-5(3)9-7;/h4-5H,1-3H3,(H,11,12,14);4H,1-3H3,(H,9,10,14);1H4. The molecule has 0 spiro atoms. The summed E-state index contributed by atoms with van der Waals surface area (Å²) in [5.74, 6) is 1.19. The second-order valence-corrected chi connectivity index (χ2v) is 7.02. The minimum absolute atomic E-state index is 0. The van der Waals surface area contributed by atoms with Gasteiger partial charge in [-0.25, -0.2) is 19.6 Å². The van der Waals surface area contributed by atoms with Gasteiger partial charge in [0.25, 0.3) is 11.1 Å². The summed E-state index contributed by atoms with van der Waals surface area (Å²) in [6.45, 7) is 11.5. The molecular formula is C18H27N9O2. The van der Waals surface area contributed by atoms with Gasteiger partial charge in [-0.2, -0.15) is 0 Å². The average molecular weight is 401 g/mol. The first-order valence-electron chi connectivity index (χ1n) is 8.94. The van der Waals surface area contributed by atoms with Crippen LogP contribution >= 0.6 is 0 Å². The van der Waals surface area contributed by atoms with Crippen molar-refractivity contribution in [1.82, 2.24) is 44.5 Å². The Labute approximate surface area is 167 Å². The van der Waals surface area contributed by atoms with Crippen LogP contribution in [-0.2, 0) is 0 Å². The van der Waals surface area contributed by atoms with Gasteiger partial charge in [-0.05, 0) is 41.5 Å². The summed E-state index contributed by atoms with van der Waals surface area (Å²) in [6, 6.07) is 0.405. The average Bonchev–Trinajstić information content (AvgIpc) is 3.19. The van der Waals surface area contributed by atoms with E-state index in [4.69, 9.17) is 0 Å². The van der Waals surface area contributed by atoms with Gasteiger partial charge in [0.15, 0.2) is 22.3 Å². The van der Waals surface area contributed by atoms with Crippen LogP contribution in [0.3, 0.4) is 0 Å². The van der Waals surface area contributed by atoms with Crippen LogP contribution < -0.4 is 11.1 Å². The van der Waals surface area contributed by atoms with Crippen molar-refractivity contribution in [2.75, 3.05) is 0 Å². The summed E-state index contributed by atoms with van der Waals surface area (Å²) >= 11 is 0. The van der Waals surface area contributed by atoms with E-state index in [9.17, 15) is 9.59 Å². The quantitative estimate of drug-likeness (QED) is 0.524. The number of imidazole rings is 1. The van der Waals surface area contributed by atoms with Crippen LogP contribution in [0.2, 0.25) is 0 Å². The molecule has 0 amide bonds. The van der Waals surface area contributed by atoms with Gasteiger partial charge in [0.2, 0.25) is 0 Å². The lowest BCUT2D eigenvalue weighted by molar-refractivity contribution is 0.526. The molecule has 4 aromatic rings. The number of hydrogen-bond acceptors (Lipinski definition) is 7. The predicted molar refractivity (Wildman–Crippen MR) is 111 cm³/mol. The van der Waals surface area contributed by atoms with Gasteiger partial charge in [-0.15, -0.1) is 5.10 Å². The summed E-state index contributed by atoms with van der Waals surface area (Å²) in [5, 5.41) is 7.67. The van der Waals surface area contributed by atoms with Crippen molar-refractivity contribution in [3.05, 3.63) is 38.7 Å². The number of nitrogens with zero attached hydrogens (tertiary/aromatic N) is 7. The SMILES string of the molecule is C.Cc1nc2c(ncn2C(C)C)c(=O)[nH]1.Cc1nc2c(nnn2C(C)C)c(=O)[nH]1. The predicted octanol–water partition coefficient (Wildman–Crippen LogP) is 2.05. The number of fused-ring (bicyclic) bond motifs is 2. The molecule has 0 aliphatic heterocycles. The van der Waals surface area contributed by atoms with Crippen molar-refractivity contribution >= 4 is 22.3 Å². The van der Waals surface area contributed by atoms with E-state index in [2.05, 4.69) is 35.2 Å². The molecule has 4 rings (SSSR count). The second-order valence-electron chi connectivity index (χ2n) is 7.02. The zero-order chi connectivity index (χ0) is 20.6. The van der Waals surface area contributed by atoms with E-state index < -0.39 is 0 Å². The molecule has 4 heterocycles. The van der Waals surface area contributed by atoms with Crippen LogP contribution in [0.1, 0.15) is 58.9 Å². The summed E-state index contributed by atoms with van der Waals surface area (Å²) in [7, 11) is 0. The Kier molecular flexibility index (Phi) is 6.30. The van der Waals surface area contributed by atoms with Gasteiger partial charge in [0.05, 0.1) is 12.4 Å². The van der Waals surface area contributed by atoms with Crippen LogP contribution in [0, 0.1) is 13.8 Å². The monoisotopic (exact) mass is 401 g/mol. The van der Waals surface area contributed by atoms with Gasteiger partial charge in [0, 0.05) is 6.04 Å². The van der Waals surface area contributed by atoms with Crippen molar-refractivity contribution in [2.45, 2.75) is 61.1 Å². The highest BCUT2D eigenvalue weighted by Gasteiger charge is 2.12. The Morgan fingerprint density at radius 2 is 1.41 bits per heavy atom. The van der Waals surface area contributed by atoms with E-state index >= 15 is 0 Å². The zero-order valence-electron chi connectivity index (χ0n) is 16.7. The summed E-state index contributed by atoms with van der Waals surface area (Å²) in [4.78, 5) is 40.6. The zero-order valence-corrected chi connectivity index (χ0v) is 16.7. The molecule has 0 aliphatic rings. The lowest BCUT2D eigenvalue weighted by Crippen LogP contribution is -2.11. The van der Waals surface area contributed by atoms with Gasteiger partial charge in [0.1, 0.15) is 11.6 Å². The molecule has 0 unspecified atom stereocenters. The van der Waals surface area contributed by atoms with Crippen molar-refractivity contribution in [2.24, 2.45) is 0 Å². The fraction of sp³-hybridized carbons (Fsp3) is 0.500. The molecular weight excluding hydrogens is 374 g/mol. The molecule has 0 bridgehead atoms. The number of H-pyrrole nitrogens is 2. The fourth-order valence-corrected chi connectivity index (χ4v) is 2.71. The Morgan fingerprint density at radius 3 is 1.97 bits per heavy atom. The Balaban J connectivity index is 0.000000200. The number of aromatic amines is 2. The van der Waals surface area contributed by atoms with Gasteiger partial charge in [-0.3, -0.25) is 9.59 Å². The van der Waals surface area contributed by atoms with E-state index in [0.29, 0.717) is 34.0 Å². The lowest BCUT2D eigenvalue weighted by Gasteiger charge is -2.06. The first-order valence-corrected chi connectivity index (χ1v) is 8.94. The van der Waals surface area contributed by atoms with Gasteiger partial charge >= 0.3 is 0 Å². The first kappa shape index (κ1) is 21.9. The normalized spacial score (nSPS) is 11.0. The first-order chi connectivity index (χ1) is 13.2. The van der Waals surface area contributed by atoms with E-state index in [1.807, 2.05) is 32.3 Å². The topological polar surface area (TPSA) is 140 Å². The maximum absolute atomic E-state index is 11.5. The van der Waals surface area contributed by atoms with Gasteiger partial charge in [-0.1, -0.05) is 12.6 Å². The molecule has 0 aromatic carbocycles. The Hall–Kier alpha value is -3.37. The number of rotatable bonds is 2. The lowest BCUT2D eigenvalue weighted by atomic mass is 10.4. The van der Waals surface area contributed by atoms with Crippen LogP contribution in [0.5, 0.6) is 0 Å². The molecule has 0 fully saturated rings. The van der Waals surface area contributed by atoms with Crippen LogP contribution in [-0.4, -0.2) is 44.5 Å². The molecule has 0 saturated heterocycles. The molecule has 29 heavy (non-hydrogen) atoms. The highest BCUT2D eigenvalue weighted by Crippen LogP contribution is 2.12. The number of aromatic nitrogens is 9. The van der Waals surface area contributed by atoms with Crippen LogP contribution in [0.4, 0.5) is 0 Å². The third kappa shape index (κ3) is 4.23. The Morgan fingerprint density at radius 1 is 0.862 bits per heavy atom. The number of nitrogens with one attached hydrogen (secondary N) is 2. The second kappa shape index (κ2) is 8.33. The molecule has 0 aliphatic carbocycles. The molecule has 4 aromatic heterocycles. The van der Waals surface area contributed by atoms with Crippen molar-refractivity contribution in [3.8, 4) is 0 Å². The maximum Gasteiger partial charge on any atom is 0.281 e. The van der Waals surface area contributed by atoms with Crippen molar-refractivity contribution in [1.29, 1.82) is 0 Å². The minimum atomic E-state index is -0.237. The molecule has 0 atom stereocenters. The third-order valence-electron chi connectivity index (χ3n) is 4.05. The van der Waals surface area contributed by atoms with E-state index in [1.54, 1.807) is 24.9 Å². The fourth-order valence-electron chi connectivity index (χ4n) is 2.71. The van der Waals surface area contributed by atoms with E-state index in [1.165, 1.54) is 0 Å². The molecule has 0 saturated carbocycles. The highest BCUT2D eigenvalue weighted by atomic mass is 16.1. The summed E-state index contributed by atoms with van der Waals surface area (Å²) in [5.41, 5.74) is 1.49. The highest BCUT2D eigenvalue weighted by molar-refractivity contribution is 5.69. The Bertz CT molecular complexity index is 1150. The van der Waals surface area contributed by atoms with E-state index in [0.717, 1.165) is 0 Å². The van der Waals surface area contributed by atoms with Crippen LogP contribution in [0.15, 0.2) is 15.9 Å². The summed E-state index contributed by atoms with van der Waals surface area (Å²) in [6.07, 6.45) is 1.65. The van der Waals surface area contributed by atoms with E-state index in [-0.39, 0.29) is 30.6 Å². The number of hydrogen-bond donors (Lipinski definition) is 2. The third-order valence-corrected chi connectivity index (χ3v) is 4.05. The molecule has 2 N–H and O–H groups in total. The summed E-state index contributed by atoms with van der Waals surface area (Å²) < 4.78 is 3.52. The molecule has 11 heteroatoms. The minimum Gasteiger partial charge on any atom is -0.313 e. The van der Waals surface area contributed by atoms with Gasteiger partial charge < -0.3 is 14.5 Å². The molecule has 156 valence electrons. The smallest absolute Gasteiger partial charge is 0.281 e. The van der Waals surface area contributed by atoms with Crippen LogP contribution in [0.25, 0.3) is 22.3 Å². The largest absolute Gasteiger partial charge is 0.313 e. The van der Waals surface area contributed by atoms with Crippen molar-refractivity contribution < 1.29 is 0 Å². The molecule has 11 nitrogen and oxygen atoms in total. The molecule has 0 radical (unpaired) electrons.